The zero-order valence-corrected chi connectivity index (χ0v) is 17.5. The van der Waals surface area contributed by atoms with Gasteiger partial charge < -0.3 is 10.6 Å². The smallest absolute Gasteiger partial charge is 0.232 e. The van der Waals surface area contributed by atoms with Crippen LogP contribution in [0.5, 0.6) is 0 Å². The first kappa shape index (κ1) is 19.0. The van der Waals surface area contributed by atoms with Crippen LogP contribution in [0.3, 0.4) is 0 Å². The highest BCUT2D eigenvalue weighted by molar-refractivity contribution is 7.99. The van der Waals surface area contributed by atoms with Crippen LogP contribution in [0.2, 0.25) is 0 Å². The number of anilines is 3. The van der Waals surface area contributed by atoms with Crippen molar-refractivity contribution in [2.24, 2.45) is 5.92 Å². The summed E-state index contributed by atoms with van der Waals surface area (Å²) in [5.74, 6) is 2.85. The second-order valence-electron chi connectivity index (χ2n) is 7.71. The van der Waals surface area contributed by atoms with Crippen LogP contribution in [-0.2, 0) is 11.2 Å². The molecule has 2 saturated carbocycles. The van der Waals surface area contributed by atoms with Crippen molar-refractivity contribution >= 4 is 35.1 Å². The maximum absolute atomic E-state index is 11.9. The third kappa shape index (κ3) is 4.62. The number of nitrogens with zero attached hydrogens (tertiary/aromatic N) is 4. The number of carbonyl (C=O) groups excluding carboxylic acids is 1. The van der Waals surface area contributed by atoms with E-state index >= 15 is 0 Å². The highest BCUT2D eigenvalue weighted by Crippen LogP contribution is 2.39. The number of aryl methyl sites for hydroxylation is 1. The zero-order chi connectivity index (χ0) is 20.5. The molecule has 0 radical (unpaired) electrons. The van der Waals surface area contributed by atoms with E-state index in [0.717, 1.165) is 40.8 Å². The number of hydrogen-bond donors (Lipinski definition) is 3. The van der Waals surface area contributed by atoms with Crippen LogP contribution in [0.1, 0.15) is 50.0 Å². The Balaban J connectivity index is 1.28. The third-order valence-electron chi connectivity index (χ3n) is 5.11. The van der Waals surface area contributed by atoms with Crippen molar-refractivity contribution in [3.8, 4) is 0 Å². The van der Waals surface area contributed by atoms with Crippen LogP contribution in [0.25, 0.3) is 0 Å². The van der Waals surface area contributed by atoms with Crippen molar-refractivity contribution < 1.29 is 4.79 Å². The van der Waals surface area contributed by atoms with Crippen LogP contribution in [0.4, 0.5) is 17.5 Å². The van der Waals surface area contributed by atoms with Gasteiger partial charge in [-0.3, -0.25) is 9.89 Å². The Labute approximate surface area is 178 Å². The molecular formula is C21H23N7OS. The molecule has 0 bridgehead atoms. The second-order valence-corrected chi connectivity index (χ2v) is 8.75. The highest BCUT2D eigenvalue weighted by atomic mass is 32.2. The summed E-state index contributed by atoms with van der Waals surface area (Å²) in [7, 11) is 0. The largest absolute Gasteiger partial charge is 0.326 e. The van der Waals surface area contributed by atoms with E-state index < -0.39 is 0 Å². The Bertz CT molecular complexity index is 1060. The van der Waals surface area contributed by atoms with Crippen molar-refractivity contribution in [1.29, 1.82) is 0 Å². The molecule has 2 fully saturated rings. The molecule has 0 atom stereocenters. The number of hydrogen-bond acceptors (Lipinski definition) is 7. The van der Waals surface area contributed by atoms with Crippen molar-refractivity contribution in [2.75, 3.05) is 10.6 Å². The molecule has 154 valence electrons. The molecule has 0 spiro atoms. The SMILES string of the molecule is CCc1nc(Nc2cc(C3CC3)[nH]n2)nc(Sc2ccc(NC(=O)C3CC3)cc2)n1. The molecule has 8 nitrogen and oxygen atoms in total. The highest BCUT2D eigenvalue weighted by Gasteiger charge is 2.29. The van der Waals surface area contributed by atoms with E-state index in [1.54, 1.807) is 0 Å². The Hall–Kier alpha value is -2.94. The normalized spacial score (nSPS) is 15.8. The first-order chi connectivity index (χ1) is 14.7. The molecule has 2 aliphatic rings. The van der Waals surface area contributed by atoms with Crippen molar-refractivity contribution in [2.45, 2.75) is 55.0 Å². The molecule has 0 unspecified atom stereocenters. The summed E-state index contributed by atoms with van der Waals surface area (Å²) >= 11 is 1.47. The number of H-pyrrole nitrogens is 1. The van der Waals surface area contributed by atoms with Gasteiger partial charge in [-0.25, -0.2) is 4.98 Å². The minimum absolute atomic E-state index is 0.111. The van der Waals surface area contributed by atoms with Gasteiger partial charge in [0, 0.05) is 40.6 Å². The van der Waals surface area contributed by atoms with E-state index in [4.69, 9.17) is 0 Å². The molecule has 0 aliphatic heterocycles. The number of carbonyl (C=O) groups is 1. The minimum Gasteiger partial charge on any atom is -0.326 e. The van der Waals surface area contributed by atoms with Gasteiger partial charge in [0.1, 0.15) is 5.82 Å². The molecule has 2 aliphatic carbocycles. The number of rotatable bonds is 8. The predicted octanol–water partition coefficient (Wildman–Crippen LogP) is 4.28. The summed E-state index contributed by atoms with van der Waals surface area (Å²) in [6.45, 7) is 2.02. The van der Waals surface area contributed by atoms with Crippen LogP contribution < -0.4 is 10.6 Å². The topological polar surface area (TPSA) is 108 Å². The molecule has 3 N–H and O–H groups in total. The van der Waals surface area contributed by atoms with Crippen LogP contribution in [0.15, 0.2) is 40.4 Å². The van der Waals surface area contributed by atoms with Gasteiger partial charge >= 0.3 is 0 Å². The molecule has 3 aromatic rings. The number of benzene rings is 1. The first-order valence-electron chi connectivity index (χ1n) is 10.3. The number of aromatic nitrogens is 5. The molecule has 0 saturated heterocycles. The van der Waals surface area contributed by atoms with Crippen LogP contribution >= 0.6 is 11.8 Å². The number of amides is 1. The Morgan fingerprint density at radius 2 is 1.93 bits per heavy atom. The average molecular weight is 422 g/mol. The van der Waals surface area contributed by atoms with Gasteiger partial charge in [0.05, 0.1) is 0 Å². The summed E-state index contributed by atoms with van der Waals surface area (Å²) in [5, 5.41) is 14.2. The van der Waals surface area contributed by atoms with Crippen molar-refractivity contribution in [1.82, 2.24) is 25.1 Å². The molecule has 30 heavy (non-hydrogen) atoms. The summed E-state index contributed by atoms with van der Waals surface area (Å²) in [5.41, 5.74) is 1.97. The van der Waals surface area contributed by atoms with Gasteiger partial charge in [-0.05, 0) is 61.7 Å². The van der Waals surface area contributed by atoms with E-state index in [1.165, 1.54) is 24.6 Å². The fourth-order valence-corrected chi connectivity index (χ4v) is 3.84. The van der Waals surface area contributed by atoms with Crippen LogP contribution in [0, 0.1) is 5.92 Å². The first-order valence-corrected chi connectivity index (χ1v) is 11.1. The maximum Gasteiger partial charge on any atom is 0.232 e. The molecular weight excluding hydrogens is 398 g/mol. The third-order valence-corrected chi connectivity index (χ3v) is 5.98. The zero-order valence-electron chi connectivity index (χ0n) is 16.7. The predicted molar refractivity (Wildman–Crippen MR) is 115 cm³/mol. The standard InChI is InChI=1S/C21H23N7OS/c1-2-17-23-20(24-18-11-16(27-28-18)12-3-4-12)26-21(25-17)30-15-9-7-14(8-10-15)22-19(29)13-5-6-13/h7-13H,2-6H2,1H3,(H,22,29)(H2,23,24,25,26,27,28). The van der Waals surface area contributed by atoms with Gasteiger partial charge in [-0.15, -0.1) is 0 Å². The van der Waals surface area contributed by atoms with Crippen LogP contribution in [-0.4, -0.2) is 31.1 Å². The molecule has 2 heterocycles. The lowest BCUT2D eigenvalue weighted by Crippen LogP contribution is -2.12. The Morgan fingerprint density at radius 3 is 2.63 bits per heavy atom. The molecule has 1 aromatic carbocycles. The molecule has 2 aromatic heterocycles. The summed E-state index contributed by atoms with van der Waals surface area (Å²) < 4.78 is 0. The van der Waals surface area contributed by atoms with E-state index in [1.807, 2.05) is 37.3 Å². The lowest BCUT2D eigenvalue weighted by molar-refractivity contribution is -0.117. The Morgan fingerprint density at radius 1 is 1.13 bits per heavy atom. The van der Waals surface area contributed by atoms with Gasteiger partial charge in [0.15, 0.2) is 11.0 Å². The molecule has 1 amide bonds. The van der Waals surface area contributed by atoms with E-state index in [2.05, 4.69) is 35.8 Å². The average Bonchev–Trinajstić information content (AvgIpc) is 3.67. The lowest BCUT2D eigenvalue weighted by Gasteiger charge is -2.08. The lowest BCUT2D eigenvalue weighted by atomic mass is 10.3. The molecule has 9 heteroatoms. The number of aromatic amines is 1. The van der Waals surface area contributed by atoms with Gasteiger partial charge in [-0.1, -0.05) is 6.92 Å². The van der Waals surface area contributed by atoms with Crippen molar-refractivity contribution in [3.05, 3.63) is 41.9 Å². The number of nitrogens with one attached hydrogen (secondary N) is 3. The maximum atomic E-state index is 11.9. The Kier molecular flexibility index (Phi) is 5.12. The summed E-state index contributed by atoms with van der Waals surface area (Å²) in [6, 6.07) is 9.77. The van der Waals surface area contributed by atoms with E-state index in [9.17, 15) is 4.79 Å². The van der Waals surface area contributed by atoms with Gasteiger partial charge in [0.25, 0.3) is 0 Å². The summed E-state index contributed by atoms with van der Waals surface area (Å²) in [6.07, 6.45) is 5.14. The fourth-order valence-electron chi connectivity index (χ4n) is 3.08. The van der Waals surface area contributed by atoms with Gasteiger partial charge in [-0.2, -0.15) is 15.1 Å². The minimum atomic E-state index is 0.111. The quantitative estimate of drug-likeness (QED) is 0.498. The summed E-state index contributed by atoms with van der Waals surface area (Å²) in [4.78, 5) is 26.5. The second kappa shape index (κ2) is 8.06. The van der Waals surface area contributed by atoms with E-state index in [0.29, 0.717) is 23.4 Å². The van der Waals surface area contributed by atoms with Gasteiger partial charge in [0.2, 0.25) is 11.9 Å². The van der Waals surface area contributed by atoms with E-state index in [-0.39, 0.29) is 11.8 Å². The molecule has 5 rings (SSSR count). The monoisotopic (exact) mass is 421 g/mol. The van der Waals surface area contributed by atoms with Crippen molar-refractivity contribution in [3.63, 3.8) is 0 Å². The fraction of sp³-hybridized carbons (Fsp3) is 0.381.